The highest BCUT2D eigenvalue weighted by Crippen LogP contribution is 2.29. The topological polar surface area (TPSA) is 40.9 Å². The third kappa shape index (κ3) is 3.49. The second kappa shape index (κ2) is 4.92. The third-order valence-corrected chi connectivity index (χ3v) is 2.08. The quantitative estimate of drug-likeness (QED) is 0.792. The molecule has 0 aliphatic rings. The Labute approximate surface area is 90.6 Å². The number of rotatable bonds is 4. The Morgan fingerprint density at radius 1 is 1.38 bits per heavy atom. The SMILES string of the molecule is N=CC(=O)CCc1cccc(C(F)(F)F)c1. The summed E-state index contributed by atoms with van der Waals surface area (Å²) in [5.41, 5.74) is -0.266. The molecule has 0 unspecified atom stereocenters. The van der Waals surface area contributed by atoms with Crippen LogP contribution >= 0.6 is 0 Å². The first-order valence-electron chi connectivity index (χ1n) is 4.63. The van der Waals surface area contributed by atoms with E-state index in [1.165, 1.54) is 12.1 Å². The zero-order chi connectivity index (χ0) is 12.2. The Balaban J connectivity index is 2.75. The number of halogens is 3. The van der Waals surface area contributed by atoms with Gasteiger partial charge in [-0.25, -0.2) is 0 Å². The van der Waals surface area contributed by atoms with Crippen molar-refractivity contribution >= 4 is 12.0 Å². The summed E-state index contributed by atoms with van der Waals surface area (Å²) in [6, 6.07) is 4.86. The fourth-order valence-corrected chi connectivity index (χ4v) is 1.24. The molecule has 86 valence electrons. The molecule has 0 saturated carbocycles. The average molecular weight is 229 g/mol. The fraction of sp³-hybridized carbons (Fsp3) is 0.273. The van der Waals surface area contributed by atoms with Crippen molar-refractivity contribution in [3.8, 4) is 0 Å². The van der Waals surface area contributed by atoms with E-state index < -0.39 is 17.5 Å². The van der Waals surface area contributed by atoms with E-state index in [1.54, 1.807) is 0 Å². The molecular weight excluding hydrogens is 219 g/mol. The molecule has 5 heteroatoms. The van der Waals surface area contributed by atoms with Crippen molar-refractivity contribution < 1.29 is 18.0 Å². The highest BCUT2D eigenvalue weighted by Gasteiger charge is 2.30. The van der Waals surface area contributed by atoms with E-state index in [0.29, 0.717) is 11.8 Å². The van der Waals surface area contributed by atoms with Crippen molar-refractivity contribution in [2.45, 2.75) is 19.0 Å². The van der Waals surface area contributed by atoms with Crippen LogP contribution in [0.15, 0.2) is 24.3 Å². The molecule has 16 heavy (non-hydrogen) atoms. The predicted molar refractivity (Wildman–Crippen MR) is 53.6 cm³/mol. The molecule has 0 saturated heterocycles. The number of alkyl halides is 3. The lowest BCUT2D eigenvalue weighted by molar-refractivity contribution is -0.137. The average Bonchev–Trinajstić information content (AvgIpc) is 2.25. The van der Waals surface area contributed by atoms with Gasteiger partial charge in [-0.1, -0.05) is 18.2 Å². The Kier molecular flexibility index (Phi) is 3.82. The van der Waals surface area contributed by atoms with Crippen LogP contribution in [0.5, 0.6) is 0 Å². The van der Waals surface area contributed by atoms with Crippen molar-refractivity contribution in [2.75, 3.05) is 0 Å². The van der Waals surface area contributed by atoms with Crippen LogP contribution in [0.3, 0.4) is 0 Å². The molecule has 2 nitrogen and oxygen atoms in total. The molecule has 0 bridgehead atoms. The number of benzene rings is 1. The first-order chi connectivity index (χ1) is 7.43. The van der Waals surface area contributed by atoms with Gasteiger partial charge in [-0.2, -0.15) is 13.2 Å². The van der Waals surface area contributed by atoms with Gasteiger partial charge in [0.15, 0.2) is 5.78 Å². The minimum atomic E-state index is -4.36. The number of ketones is 1. The lowest BCUT2D eigenvalue weighted by atomic mass is 10.0. The smallest absolute Gasteiger partial charge is 0.305 e. The van der Waals surface area contributed by atoms with Gasteiger partial charge in [0, 0.05) is 6.42 Å². The molecule has 0 spiro atoms. The standard InChI is InChI=1S/C11H10F3NO/c12-11(13,14)9-3-1-2-8(6-9)4-5-10(16)7-15/h1-3,6-7,15H,4-5H2. The zero-order valence-corrected chi connectivity index (χ0v) is 8.34. The van der Waals surface area contributed by atoms with Crippen LogP contribution < -0.4 is 0 Å². The molecule has 1 rings (SSSR count). The largest absolute Gasteiger partial charge is 0.416 e. The van der Waals surface area contributed by atoms with Gasteiger partial charge in [-0.05, 0) is 18.1 Å². The van der Waals surface area contributed by atoms with Crippen LogP contribution in [0.25, 0.3) is 0 Å². The summed E-state index contributed by atoms with van der Waals surface area (Å²) >= 11 is 0. The molecule has 0 aliphatic heterocycles. The van der Waals surface area contributed by atoms with Crippen molar-refractivity contribution in [3.63, 3.8) is 0 Å². The van der Waals surface area contributed by atoms with Crippen molar-refractivity contribution in [1.29, 1.82) is 5.41 Å². The molecule has 0 aliphatic carbocycles. The first kappa shape index (κ1) is 12.4. The van der Waals surface area contributed by atoms with E-state index in [-0.39, 0.29) is 12.8 Å². The van der Waals surface area contributed by atoms with E-state index in [2.05, 4.69) is 0 Å². The normalized spacial score (nSPS) is 11.2. The Morgan fingerprint density at radius 2 is 2.06 bits per heavy atom. The number of hydrogen-bond donors (Lipinski definition) is 1. The third-order valence-electron chi connectivity index (χ3n) is 2.08. The Hall–Kier alpha value is -1.65. The maximum Gasteiger partial charge on any atom is 0.416 e. The van der Waals surface area contributed by atoms with Crippen LogP contribution in [-0.2, 0) is 17.4 Å². The van der Waals surface area contributed by atoms with Gasteiger partial charge in [-0.15, -0.1) is 0 Å². The van der Waals surface area contributed by atoms with Crippen LogP contribution in [0.1, 0.15) is 17.5 Å². The summed E-state index contributed by atoms with van der Waals surface area (Å²) in [6.07, 6.45) is -3.40. The van der Waals surface area contributed by atoms with Crippen molar-refractivity contribution in [1.82, 2.24) is 0 Å². The summed E-state index contributed by atoms with van der Waals surface area (Å²) in [5, 5.41) is 6.66. The van der Waals surface area contributed by atoms with Gasteiger partial charge in [-0.3, -0.25) is 4.79 Å². The molecule has 0 amide bonds. The molecule has 0 atom stereocenters. The predicted octanol–water partition coefficient (Wildman–Crippen LogP) is 2.86. The van der Waals surface area contributed by atoms with E-state index in [1.807, 2.05) is 0 Å². The van der Waals surface area contributed by atoms with Crippen LogP contribution in [-0.4, -0.2) is 12.0 Å². The summed E-state index contributed by atoms with van der Waals surface area (Å²) in [4.78, 5) is 10.8. The lowest BCUT2D eigenvalue weighted by Gasteiger charge is -2.07. The Bertz CT molecular complexity index is 398. The van der Waals surface area contributed by atoms with Crippen molar-refractivity contribution in [3.05, 3.63) is 35.4 Å². The van der Waals surface area contributed by atoms with Gasteiger partial charge < -0.3 is 5.41 Å². The fourth-order valence-electron chi connectivity index (χ4n) is 1.24. The molecule has 0 fully saturated rings. The van der Waals surface area contributed by atoms with E-state index in [9.17, 15) is 18.0 Å². The second-order valence-corrected chi connectivity index (χ2v) is 3.31. The van der Waals surface area contributed by atoms with Gasteiger partial charge in [0.2, 0.25) is 0 Å². The van der Waals surface area contributed by atoms with Gasteiger partial charge in [0.1, 0.15) is 0 Å². The molecule has 0 aromatic heterocycles. The number of aryl methyl sites for hydroxylation is 1. The van der Waals surface area contributed by atoms with E-state index >= 15 is 0 Å². The summed E-state index contributed by atoms with van der Waals surface area (Å²) < 4.78 is 37.0. The molecule has 1 aromatic carbocycles. The highest BCUT2D eigenvalue weighted by atomic mass is 19.4. The number of carbonyl (C=O) groups excluding carboxylic acids is 1. The molecule has 0 heterocycles. The molecule has 1 N–H and O–H groups in total. The molecular formula is C11H10F3NO. The van der Waals surface area contributed by atoms with E-state index in [0.717, 1.165) is 12.1 Å². The highest BCUT2D eigenvalue weighted by molar-refractivity contribution is 6.26. The van der Waals surface area contributed by atoms with E-state index in [4.69, 9.17) is 5.41 Å². The minimum Gasteiger partial charge on any atom is -0.305 e. The first-order valence-corrected chi connectivity index (χ1v) is 4.63. The summed E-state index contributed by atoms with van der Waals surface area (Å²) in [7, 11) is 0. The Morgan fingerprint density at radius 3 is 2.62 bits per heavy atom. The molecule has 0 radical (unpaired) electrons. The lowest BCUT2D eigenvalue weighted by Crippen LogP contribution is -2.06. The number of hydrogen-bond acceptors (Lipinski definition) is 2. The monoisotopic (exact) mass is 229 g/mol. The van der Waals surface area contributed by atoms with Crippen LogP contribution in [0.4, 0.5) is 13.2 Å². The van der Waals surface area contributed by atoms with Crippen LogP contribution in [0, 0.1) is 5.41 Å². The summed E-state index contributed by atoms with van der Waals surface area (Å²) in [6.45, 7) is 0. The molecule has 1 aromatic rings. The number of Topliss-reactive ketones (excluding diaryl/α,β-unsaturated/α-hetero) is 1. The second-order valence-electron chi connectivity index (χ2n) is 3.31. The maximum atomic E-state index is 12.3. The van der Waals surface area contributed by atoms with Crippen molar-refractivity contribution in [2.24, 2.45) is 0 Å². The zero-order valence-electron chi connectivity index (χ0n) is 8.34. The number of carbonyl (C=O) groups is 1. The summed E-state index contributed by atoms with van der Waals surface area (Å²) in [5.74, 6) is -0.391. The van der Waals surface area contributed by atoms with Gasteiger partial charge in [0.05, 0.1) is 11.8 Å². The van der Waals surface area contributed by atoms with Crippen LogP contribution in [0.2, 0.25) is 0 Å². The van der Waals surface area contributed by atoms with Gasteiger partial charge in [0.25, 0.3) is 0 Å². The minimum absolute atomic E-state index is 0.0603. The number of nitrogens with one attached hydrogen (secondary N) is 1. The van der Waals surface area contributed by atoms with Gasteiger partial charge >= 0.3 is 6.18 Å². The maximum absolute atomic E-state index is 12.3.